The van der Waals surface area contributed by atoms with Crippen LogP contribution >= 0.6 is 0 Å². The number of hydrogen-bond donors (Lipinski definition) is 2. The third-order valence-corrected chi connectivity index (χ3v) is 5.85. The molecule has 0 aliphatic carbocycles. The molecule has 0 fully saturated rings. The molecule has 2 aromatic carbocycles. The Labute approximate surface area is 194 Å². The number of hydrogen-bond acceptors (Lipinski definition) is 6. The summed E-state index contributed by atoms with van der Waals surface area (Å²) in [7, 11) is 0. The molecular formula is C25H31N5O3. The average molecular weight is 450 g/mol. The zero-order valence-electron chi connectivity index (χ0n) is 19.1. The summed E-state index contributed by atoms with van der Waals surface area (Å²) in [5, 5.41) is 2.73. The van der Waals surface area contributed by atoms with Crippen LogP contribution in [-0.4, -0.2) is 35.4 Å². The summed E-state index contributed by atoms with van der Waals surface area (Å²) < 4.78 is 13.0. The van der Waals surface area contributed by atoms with Gasteiger partial charge in [0.25, 0.3) is 0 Å². The predicted molar refractivity (Wildman–Crippen MR) is 129 cm³/mol. The summed E-state index contributed by atoms with van der Waals surface area (Å²) >= 11 is 0. The maximum absolute atomic E-state index is 11.7. The number of amides is 1. The number of nitrogens with one attached hydrogen (secondary N) is 1. The molecule has 1 amide bonds. The van der Waals surface area contributed by atoms with Crippen LogP contribution < -0.4 is 20.7 Å². The lowest BCUT2D eigenvalue weighted by Crippen LogP contribution is -2.29. The number of nitrogens with two attached hydrogens (primary N) is 1. The number of anilines is 2. The molecule has 0 bridgehead atoms. The first-order valence-electron chi connectivity index (χ1n) is 11.4. The van der Waals surface area contributed by atoms with Crippen molar-refractivity contribution in [2.45, 2.75) is 38.9 Å². The Balaban J connectivity index is 1.43. The summed E-state index contributed by atoms with van der Waals surface area (Å²) in [5.74, 6) is 0.847. The van der Waals surface area contributed by atoms with Crippen molar-refractivity contribution in [1.29, 1.82) is 0 Å². The van der Waals surface area contributed by atoms with Crippen LogP contribution in [0.5, 0.6) is 5.75 Å². The van der Waals surface area contributed by atoms with Crippen molar-refractivity contribution < 1.29 is 14.3 Å². The number of fused-ring (bicyclic) bond motifs is 1. The van der Waals surface area contributed by atoms with E-state index in [1.165, 1.54) is 0 Å². The first-order valence-corrected chi connectivity index (χ1v) is 11.4. The number of aryl methyl sites for hydroxylation is 1. The van der Waals surface area contributed by atoms with Crippen molar-refractivity contribution in [3.63, 3.8) is 0 Å². The van der Waals surface area contributed by atoms with Gasteiger partial charge in [0.15, 0.2) is 0 Å². The Bertz CT molecular complexity index is 1050. The van der Waals surface area contributed by atoms with Crippen molar-refractivity contribution in [2.24, 2.45) is 5.73 Å². The summed E-state index contributed by atoms with van der Waals surface area (Å²) in [6.45, 7) is 6.57. The van der Waals surface area contributed by atoms with Crippen LogP contribution in [0.4, 0.5) is 16.2 Å². The second kappa shape index (κ2) is 10.4. The monoisotopic (exact) mass is 449 g/mol. The molecule has 0 saturated heterocycles. The van der Waals surface area contributed by atoms with Gasteiger partial charge in [-0.1, -0.05) is 18.2 Å². The molecule has 3 N–H and O–H groups in total. The number of carbonyl (C=O) groups is 1. The van der Waals surface area contributed by atoms with E-state index >= 15 is 0 Å². The topological polar surface area (TPSA) is 94.6 Å². The molecule has 1 aromatic heterocycles. The van der Waals surface area contributed by atoms with Gasteiger partial charge in [0.1, 0.15) is 5.75 Å². The highest BCUT2D eigenvalue weighted by Crippen LogP contribution is 2.47. The minimum absolute atomic E-state index is 0.0122. The molecule has 8 nitrogen and oxygen atoms in total. The van der Waals surface area contributed by atoms with Crippen LogP contribution in [0.25, 0.3) is 0 Å². The summed E-state index contributed by atoms with van der Waals surface area (Å²) in [5.41, 5.74) is 10.7. The van der Waals surface area contributed by atoms with Gasteiger partial charge in [-0.05, 0) is 49.6 Å². The van der Waals surface area contributed by atoms with E-state index < -0.39 is 6.09 Å². The Morgan fingerprint density at radius 1 is 1.18 bits per heavy atom. The summed E-state index contributed by atoms with van der Waals surface area (Å²) in [6.07, 6.45) is 6.00. The second-order valence-electron chi connectivity index (χ2n) is 7.95. The molecule has 174 valence electrons. The van der Waals surface area contributed by atoms with Crippen molar-refractivity contribution in [1.82, 2.24) is 9.55 Å². The number of nitrogens with zero attached hydrogens (tertiary/aromatic N) is 3. The van der Waals surface area contributed by atoms with Gasteiger partial charge >= 0.3 is 6.09 Å². The van der Waals surface area contributed by atoms with Gasteiger partial charge in [0, 0.05) is 42.9 Å². The van der Waals surface area contributed by atoms with Crippen LogP contribution in [-0.2, 0) is 11.3 Å². The first kappa shape index (κ1) is 22.7. The number of ether oxygens (including phenoxy) is 2. The third kappa shape index (κ3) is 5.12. The molecule has 4 rings (SSSR count). The number of imidazole rings is 1. The highest BCUT2D eigenvalue weighted by molar-refractivity contribution is 5.84. The van der Waals surface area contributed by atoms with E-state index in [0.29, 0.717) is 18.9 Å². The zero-order chi connectivity index (χ0) is 23.2. The van der Waals surface area contributed by atoms with Gasteiger partial charge in [-0.25, -0.2) is 9.78 Å². The summed E-state index contributed by atoms with van der Waals surface area (Å²) in [4.78, 5) is 18.0. The maximum Gasteiger partial charge on any atom is 0.411 e. The van der Waals surface area contributed by atoms with Gasteiger partial charge < -0.3 is 24.7 Å². The zero-order valence-corrected chi connectivity index (χ0v) is 19.1. The van der Waals surface area contributed by atoms with Crippen LogP contribution in [0.3, 0.4) is 0 Å². The van der Waals surface area contributed by atoms with E-state index in [2.05, 4.69) is 34.3 Å². The molecule has 2 unspecified atom stereocenters. The quantitative estimate of drug-likeness (QED) is 0.467. The lowest BCUT2D eigenvalue weighted by molar-refractivity contribution is 0.168. The van der Waals surface area contributed by atoms with E-state index in [0.717, 1.165) is 42.1 Å². The van der Waals surface area contributed by atoms with Gasteiger partial charge in [-0.3, -0.25) is 5.32 Å². The van der Waals surface area contributed by atoms with Gasteiger partial charge in [-0.2, -0.15) is 0 Å². The van der Waals surface area contributed by atoms with Crippen LogP contribution in [0, 0.1) is 0 Å². The van der Waals surface area contributed by atoms with E-state index in [1.54, 1.807) is 13.1 Å². The van der Waals surface area contributed by atoms with Gasteiger partial charge in [0.2, 0.25) is 0 Å². The standard InChI is InChI=1S/C25H31N5O3/c1-3-30-22-16-20(33-15-5-13-29-14-12-27-17-29)10-11-21(22)23(26)24(30)18-6-8-19(9-7-18)28-25(31)32-4-2/h6-12,14,16-17,23-24H,3-5,13,15,26H2,1-2H3,(H,28,31). The SMILES string of the molecule is CCOC(=O)Nc1ccc(C2C(N)c3ccc(OCCCn4ccnc4)cc3N2CC)cc1. The Morgan fingerprint density at radius 3 is 2.70 bits per heavy atom. The Kier molecular flexibility index (Phi) is 7.14. The fourth-order valence-corrected chi connectivity index (χ4v) is 4.32. The molecule has 0 saturated carbocycles. The predicted octanol–water partition coefficient (Wildman–Crippen LogP) is 4.50. The third-order valence-electron chi connectivity index (χ3n) is 5.85. The first-order chi connectivity index (χ1) is 16.1. The second-order valence-corrected chi connectivity index (χ2v) is 7.95. The highest BCUT2D eigenvalue weighted by atomic mass is 16.5. The number of likely N-dealkylation sites (N-methyl/N-ethyl adjacent to an activating group) is 1. The van der Waals surface area contributed by atoms with E-state index in [4.69, 9.17) is 15.2 Å². The molecule has 33 heavy (non-hydrogen) atoms. The smallest absolute Gasteiger partial charge is 0.411 e. The normalized spacial score (nSPS) is 17.0. The average Bonchev–Trinajstić information content (AvgIpc) is 3.43. The van der Waals surface area contributed by atoms with Crippen molar-refractivity contribution in [3.05, 3.63) is 72.3 Å². The molecule has 3 aromatic rings. The Morgan fingerprint density at radius 2 is 2.00 bits per heavy atom. The lowest BCUT2D eigenvalue weighted by Gasteiger charge is -2.28. The molecule has 0 spiro atoms. The lowest BCUT2D eigenvalue weighted by atomic mass is 9.97. The fraction of sp³-hybridized carbons (Fsp3) is 0.360. The number of carbonyl (C=O) groups excluding carboxylic acids is 1. The van der Waals surface area contributed by atoms with E-state index in [-0.39, 0.29) is 12.1 Å². The molecular weight excluding hydrogens is 418 g/mol. The summed E-state index contributed by atoms with van der Waals surface area (Å²) in [6, 6.07) is 13.8. The Hall–Kier alpha value is -3.52. The highest BCUT2D eigenvalue weighted by Gasteiger charge is 2.36. The maximum atomic E-state index is 11.7. The van der Waals surface area contributed by atoms with Gasteiger partial charge in [-0.15, -0.1) is 0 Å². The van der Waals surface area contributed by atoms with Crippen LogP contribution in [0.1, 0.15) is 43.5 Å². The van der Waals surface area contributed by atoms with Crippen LogP contribution in [0.15, 0.2) is 61.2 Å². The fourth-order valence-electron chi connectivity index (χ4n) is 4.32. The molecule has 8 heteroatoms. The van der Waals surface area contributed by atoms with Crippen LogP contribution in [0.2, 0.25) is 0 Å². The molecule has 1 aliphatic heterocycles. The van der Waals surface area contributed by atoms with Crippen molar-refractivity contribution in [3.8, 4) is 5.75 Å². The van der Waals surface area contributed by atoms with E-state index in [9.17, 15) is 4.79 Å². The molecule has 0 radical (unpaired) electrons. The molecule has 2 heterocycles. The number of aromatic nitrogens is 2. The minimum Gasteiger partial charge on any atom is -0.493 e. The van der Waals surface area contributed by atoms with Crippen molar-refractivity contribution >= 4 is 17.5 Å². The van der Waals surface area contributed by atoms with Gasteiger partial charge in [0.05, 0.1) is 31.6 Å². The minimum atomic E-state index is -0.456. The largest absolute Gasteiger partial charge is 0.493 e. The van der Waals surface area contributed by atoms with Crippen molar-refractivity contribution in [2.75, 3.05) is 30.0 Å². The molecule has 1 aliphatic rings. The molecule has 2 atom stereocenters. The number of benzene rings is 2. The number of rotatable bonds is 9. The van der Waals surface area contributed by atoms with E-state index in [1.807, 2.05) is 47.4 Å².